The van der Waals surface area contributed by atoms with Crippen molar-refractivity contribution in [3.63, 3.8) is 0 Å². The zero-order valence-electron chi connectivity index (χ0n) is 9.83. The Morgan fingerprint density at radius 1 is 1.33 bits per heavy atom. The van der Waals surface area contributed by atoms with Crippen molar-refractivity contribution in [2.24, 2.45) is 5.73 Å². The molecule has 0 amide bonds. The summed E-state index contributed by atoms with van der Waals surface area (Å²) in [6.45, 7) is 2.04. The molecule has 2 unspecified atom stereocenters. The molecule has 18 heavy (non-hydrogen) atoms. The van der Waals surface area contributed by atoms with Crippen LogP contribution in [0.5, 0.6) is 0 Å². The Balaban J connectivity index is 1.74. The van der Waals surface area contributed by atoms with E-state index in [1.165, 1.54) is 0 Å². The molecule has 0 aromatic heterocycles. The van der Waals surface area contributed by atoms with Crippen molar-refractivity contribution in [1.82, 2.24) is 4.90 Å². The van der Waals surface area contributed by atoms with Crippen molar-refractivity contribution in [2.45, 2.75) is 12.1 Å². The van der Waals surface area contributed by atoms with Crippen LogP contribution in [0.4, 0.5) is 5.69 Å². The summed E-state index contributed by atoms with van der Waals surface area (Å²) in [5, 5.41) is 3.18. The molecule has 0 bridgehead atoms. The standard InChI is InChI=1S/C12H15N3O2S/c13-12(18)14-9-3-1-8(2-4-9)11-10-5-16-6-15(10)7-17-11/h1-4,10-11H,5-7H2,(H3,13,14,18). The lowest BCUT2D eigenvalue weighted by molar-refractivity contribution is 0.0370. The van der Waals surface area contributed by atoms with E-state index < -0.39 is 0 Å². The van der Waals surface area contributed by atoms with Crippen LogP contribution in [0.2, 0.25) is 0 Å². The monoisotopic (exact) mass is 265 g/mol. The Morgan fingerprint density at radius 3 is 2.83 bits per heavy atom. The lowest BCUT2D eigenvalue weighted by atomic mass is 10.0. The number of nitrogens with one attached hydrogen (secondary N) is 1. The number of hydrogen-bond acceptors (Lipinski definition) is 4. The third-order valence-electron chi connectivity index (χ3n) is 3.29. The van der Waals surface area contributed by atoms with Crippen LogP contribution in [0.1, 0.15) is 11.7 Å². The molecule has 3 N–H and O–H groups in total. The van der Waals surface area contributed by atoms with E-state index in [-0.39, 0.29) is 11.2 Å². The van der Waals surface area contributed by atoms with Gasteiger partial charge in [0.1, 0.15) is 19.6 Å². The summed E-state index contributed by atoms with van der Waals surface area (Å²) in [6, 6.07) is 8.31. The molecular weight excluding hydrogens is 250 g/mol. The maximum absolute atomic E-state index is 5.80. The van der Waals surface area contributed by atoms with Gasteiger partial charge < -0.3 is 20.5 Å². The zero-order chi connectivity index (χ0) is 12.5. The summed E-state index contributed by atoms with van der Waals surface area (Å²) in [6.07, 6.45) is 0.0892. The number of thiocarbonyl (C=S) groups is 1. The third-order valence-corrected chi connectivity index (χ3v) is 3.39. The van der Waals surface area contributed by atoms with Crippen LogP contribution in [-0.4, -0.2) is 36.1 Å². The molecule has 6 heteroatoms. The van der Waals surface area contributed by atoms with Crippen molar-refractivity contribution in [3.05, 3.63) is 29.8 Å². The molecule has 1 aromatic rings. The highest BCUT2D eigenvalue weighted by Gasteiger charge is 2.39. The van der Waals surface area contributed by atoms with Crippen molar-refractivity contribution < 1.29 is 9.47 Å². The Hall–Kier alpha value is -1.21. The molecule has 5 nitrogen and oxygen atoms in total. The molecule has 2 atom stereocenters. The van der Waals surface area contributed by atoms with E-state index in [0.29, 0.717) is 19.5 Å². The first kappa shape index (κ1) is 11.9. The quantitative estimate of drug-likeness (QED) is 0.779. The first-order valence-corrected chi connectivity index (χ1v) is 6.25. The van der Waals surface area contributed by atoms with Crippen molar-refractivity contribution >= 4 is 23.0 Å². The smallest absolute Gasteiger partial charge is 0.168 e. The highest BCUT2D eigenvalue weighted by molar-refractivity contribution is 7.80. The molecule has 3 rings (SSSR count). The maximum atomic E-state index is 5.80. The predicted molar refractivity (Wildman–Crippen MR) is 72.0 cm³/mol. The lowest BCUT2D eigenvalue weighted by Crippen LogP contribution is -2.27. The van der Waals surface area contributed by atoms with Gasteiger partial charge in [0.05, 0.1) is 12.6 Å². The van der Waals surface area contributed by atoms with Gasteiger partial charge in [0.25, 0.3) is 0 Å². The van der Waals surface area contributed by atoms with Gasteiger partial charge in [0.2, 0.25) is 0 Å². The molecule has 2 saturated heterocycles. The molecule has 0 aliphatic carbocycles. The fraction of sp³-hybridized carbons (Fsp3) is 0.417. The van der Waals surface area contributed by atoms with E-state index in [2.05, 4.69) is 10.2 Å². The van der Waals surface area contributed by atoms with Crippen molar-refractivity contribution in [3.8, 4) is 0 Å². The van der Waals surface area contributed by atoms with Crippen LogP contribution in [0, 0.1) is 0 Å². The van der Waals surface area contributed by atoms with Crippen LogP contribution in [0.25, 0.3) is 0 Å². The molecular formula is C12H15N3O2S. The molecule has 0 saturated carbocycles. The summed E-state index contributed by atoms with van der Waals surface area (Å²) in [4.78, 5) is 2.20. The minimum Gasteiger partial charge on any atom is -0.376 e. The van der Waals surface area contributed by atoms with Gasteiger partial charge in [-0.25, -0.2) is 4.90 Å². The van der Waals surface area contributed by atoms with Crippen LogP contribution in [0.15, 0.2) is 24.3 Å². The average Bonchev–Trinajstić information content (AvgIpc) is 2.91. The van der Waals surface area contributed by atoms with E-state index in [0.717, 1.165) is 17.9 Å². The average molecular weight is 265 g/mol. The van der Waals surface area contributed by atoms with Gasteiger partial charge in [-0.1, -0.05) is 12.1 Å². The van der Waals surface area contributed by atoms with Gasteiger partial charge in [-0.3, -0.25) is 0 Å². The molecule has 96 valence electrons. The number of nitrogens with zero attached hydrogens (tertiary/aromatic N) is 1. The number of hydrogen-bond donors (Lipinski definition) is 2. The van der Waals surface area contributed by atoms with E-state index >= 15 is 0 Å². The van der Waals surface area contributed by atoms with Gasteiger partial charge >= 0.3 is 0 Å². The molecule has 2 aliphatic heterocycles. The number of benzene rings is 1. The SMILES string of the molecule is NC(=S)Nc1ccc(C2OCN3COCC23)cc1. The Morgan fingerprint density at radius 2 is 2.11 bits per heavy atom. The summed E-state index contributed by atoms with van der Waals surface area (Å²) >= 11 is 4.80. The Kier molecular flexibility index (Phi) is 3.17. The first-order valence-electron chi connectivity index (χ1n) is 5.84. The third kappa shape index (κ3) is 2.20. The molecule has 2 fully saturated rings. The molecule has 2 heterocycles. The van der Waals surface area contributed by atoms with Gasteiger partial charge in [0.15, 0.2) is 5.11 Å². The number of fused-ring (bicyclic) bond motifs is 1. The minimum absolute atomic E-state index is 0.0892. The maximum Gasteiger partial charge on any atom is 0.168 e. The van der Waals surface area contributed by atoms with E-state index in [4.69, 9.17) is 27.4 Å². The van der Waals surface area contributed by atoms with Gasteiger partial charge in [0, 0.05) is 5.69 Å². The fourth-order valence-corrected chi connectivity index (χ4v) is 2.53. The van der Waals surface area contributed by atoms with E-state index in [1.807, 2.05) is 24.3 Å². The van der Waals surface area contributed by atoms with E-state index in [9.17, 15) is 0 Å². The second-order valence-corrected chi connectivity index (χ2v) is 4.92. The topological polar surface area (TPSA) is 59.8 Å². The van der Waals surface area contributed by atoms with Crippen LogP contribution in [-0.2, 0) is 9.47 Å². The van der Waals surface area contributed by atoms with E-state index in [1.54, 1.807) is 0 Å². The van der Waals surface area contributed by atoms with Gasteiger partial charge in [-0.15, -0.1) is 0 Å². The Bertz CT molecular complexity index is 451. The Labute approximate surface area is 111 Å². The molecule has 0 spiro atoms. The van der Waals surface area contributed by atoms with Crippen molar-refractivity contribution in [1.29, 1.82) is 0 Å². The lowest BCUT2D eigenvalue weighted by Gasteiger charge is -2.16. The van der Waals surface area contributed by atoms with Crippen molar-refractivity contribution in [2.75, 3.05) is 25.4 Å². The minimum atomic E-state index is 0.0892. The highest BCUT2D eigenvalue weighted by Crippen LogP contribution is 2.34. The predicted octanol–water partition coefficient (Wildman–Crippen LogP) is 1.03. The number of ether oxygens (including phenoxy) is 2. The number of nitrogens with two attached hydrogens (primary N) is 1. The summed E-state index contributed by atoms with van der Waals surface area (Å²) in [5.74, 6) is 0. The normalized spacial score (nSPS) is 27.1. The summed E-state index contributed by atoms with van der Waals surface area (Å²) in [5.41, 5.74) is 7.47. The van der Waals surface area contributed by atoms with Gasteiger partial charge in [-0.2, -0.15) is 0 Å². The number of anilines is 1. The molecule has 0 radical (unpaired) electrons. The largest absolute Gasteiger partial charge is 0.376 e. The fourth-order valence-electron chi connectivity index (χ4n) is 2.41. The second-order valence-electron chi connectivity index (χ2n) is 4.48. The second kappa shape index (κ2) is 4.81. The van der Waals surface area contributed by atoms with Crippen LogP contribution >= 0.6 is 12.2 Å². The molecule has 1 aromatic carbocycles. The first-order chi connectivity index (χ1) is 8.74. The zero-order valence-corrected chi connectivity index (χ0v) is 10.7. The van der Waals surface area contributed by atoms with Crippen LogP contribution < -0.4 is 11.1 Å². The highest BCUT2D eigenvalue weighted by atomic mass is 32.1. The molecule has 2 aliphatic rings. The summed E-state index contributed by atoms with van der Waals surface area (Å²) < 4.78 is 11.2. The van der Waals surface area contributed by atoms with Gasteiger partial charge in [-0.05, 0) is 29.9 Å². The van der Waals surface area contributed by atoms with Crippen LogP contribution in [0.3, 0.4) is 0 Å². The number of rotatable bonds is 2. The summed E-state index contributed by atoms with van der Waals surface area (Å²) in [7, 11) is 0.